The molecule has 1 atom stereocenters. The summed E-state index contributed by atoms with van der Waals surface area (Å²) >= 11 is 0. The van der Waals surface area contributed by atoms with Gasteiger partial charge in [-0.1, -0.05) is 24.3 Å². The van der Waals surface area contributed by atoms with E-state index in [1.54, 1.807) is 24.3 Å². The maximum absolute atomic E-state index is 12.9. The summed E-state index contributed by atoms with van der Waals surface area (Å²) in [6.07, 6.45) is 1.23. The van der Waals surface area contributed by atoms with Crippen LogP contribution in [-0.4, -0.2) is 40.2 Å². The molecule has 0 radical (unpaired) electrons. The first-order valence-corrected chi connectivity index (χ1v) is 9.35. The van der Waals surface area contributed by atoms with Crippen molar-refractivity contribution in [2.75, 3.05) is 13.2 Å². The highest BCUT2D eigenvalue weighted by molar-refractivity contribution is 6.08. The van der Waals surface area contributed by atoms with E-state index in [-0.39, 0.29) is 5.78 Å². The fraction of sp³-hybridized carbons (Fsp3) is 0.409. The maximum atomic E-state index is 12.9. The van der Waals surface area contributed by atoms with Gasteiger partial charge in [0.15, 0.2) is 0 Å². The summed E-state index contributed by atoms with van der Waals surface area (Å²) < 4.78 is 7.58. The van der Waals surface area contributed by atoms with Crippen molar-refractivity contribution in [2.45, 2.75) is 44.8 Å². The molecule has 0 amide bonds. The van der Waals surface area contributed by atoms with Crippen LogP contribution in [0.5, 0.6) is 0 Å². The molecule has 1 aromatic heterocycles. The van der Waals surface area contributed by atoms with Crippen molar-refractivity contribution >= 4 is 11.8 Å². The van der Waals surface area contributed by atoms with Crippen LogP contribution in [0.15, 0.2) is 36.4 Å². The first kappa shape index (κ1) is 19.8. The molecule has 2 heterocycles. The van der Waals surface area contributed by atoms with Gasteiger partial charge in [-0.05, 0) is 44.4 Å². The van der Waals surface area contributed by atoms with Crippen LogP contribution in [0.1, 0.15) is 53.5 Å². The van der Waals surface area contributed by atoms with E-state index in [2.05, 4.69) is 4.85 Å². The molecule has 28 heavy (non-hydrogen) atoms. The summed E-state index contributed by atoms with van der Waals surface area (Å²) in [6, 6.07) is 10.9. The molecule has 146 valence electrons. The van der Waals surface area contributed by atoms with Gasteiger partial charge in [-0.2, -0.15) is 0 Å². The van der Waals surface area contributed by atoms with E-state index in [1.165, 1.54) is 0 Å². The van der Waals surface area contributed by atoms with Gasteiger partial charge in [0, 0.05) is 17.8 Å². The zero-order valence-corrected chi connectivity index (χ0v) is 16.1. The smallest absolute Gasteiger partial charge is 0.312 e. The van der Waals surface area contributed by atoms with Crippen molar-refractivity contribution in [3.63, 3.8) is 0 Å². The molecule has 1 aliphatic rings. The van der Waals surface area contributed by atoms with E-state index >= 15 is 0 Å². The molecule has 1 aliphatic heterocycles. The standard InChI is InChI=1S/C22H24N2O4/c1-22(2,14-23-3)28-13-11-15-4-6-16(7-5-15)20(25)19-9-8-18-17(21(26)27)10-12-24(18)19/h4-9,17H,10-14H2,1-2H3,(H,26,27)/t17-/m0/s1. The Labute approximate surface area is 164 Å². The Hall–Kier alpha value is -2.91. The van der Waals surface area contributed by atoms with Gasteiger partial charge < -0.3 is 19.3 Å². The highest BCUT2D eigenvalue weighted by atomic mass is 16.5. The zero-order chi connectivity index (χ0) is 20.3. The van der Waals surface area contributed by atoms with Crippen LogP contribution in [0.2, 0.25) is 0 Å². The number of hydrogen-bond acceptors (Lipinski definition) is 3. The Morgan fingerprint density at radius 2 is 1.96 bits per heavy atom. The maximum Gasteiger partial charge on any atom is 0.312 e. The van der Waals surface area contributed by atoms with Crippen LogP contribution < -0.4 is 0 Å². The summed E-state index contributed by atoms with van der Waals surface area (Å²) in [5, 5.41) is 9.28. The molecule has 0 saturated carbocycles. The lowest BCUT2D eigenvalue weighted by atomic mass is 10.0. The minimum Gasteiger partial charge on any atom is -0.481 e. The topological polar surface area (TPSA) is 72.9 Å². The average molecular weight is 380 g/mol. The molecule has 0 saturated heterocycles. The number of carbonyl (C=O) groups excluding carboxylic acids is 1. The Bertz CT molecular complexity index is 919. The number of aliphatic carboxylic acids is 1. The van der Waals surface area contributed by atoms with E-state index < -0.39 is 17.5 Å². The van der Waals surface area contributed by atoms with Gasteiger partial charge in [0.25, 0.3) is 0 Å². The van der Waals surface area contributed by atoms with Gasteiger partial charge in [-0.15, -0.1) is 0 Å². The minimum atomic E-state index is -0.845. The number of carboxylic acid groups (broad SMARTS) is 1. The molecule has 1 aromatic carbocycles. The third-order valence-electron chi connectivity index (χ3n) is 5.10. The third kappa shape index (κ3) is 4.15. The Balaban J connectivity index is 1.65. The molecule has 1 N–H and O–H groups in total. The first-order chi connectivity index (χ1) is 13.3. The second-order valence-electron chi connectivity index (χ2n) is 7.68. The largest absolute Gasteiger partial charge is 0.481 e. The molecular formula is C22H24N2O4. The summed E-state index contributed by atoms with van der Waals surface area (Å²) in [7, 11) is 0. The van der Waals surface area contributed by atoms with Crippen LogP contribution in [0.25, 0.3) is 4.85 Å². The van der Waals surface area contributed by atoms with E-state index in [9.17, 15) is 14.7 Å². The van der Waals surface area contributed by atoms with E-state index in [1.807, 2.05) is 30.5 Å². The van der Waals surface area contributed by atoms with E-state index in [4.69, 9.17) is 11.3 Å². The van der Waals surface area contributed by atoms with Gasteiger partial charge in [-0.25, -0.2) is 6.57 Å². The predicted octanol–water partition coefficient (Wildman–Crippen LogP) is 3.55. The molecule has 3 rings (SSSR count). The quantitative estimate of drug-likeness (QED) is 0.561. The van der Waals surface area contributed by atoms with Gasteiger partial charge in [0.2, 0.25) is 12.3 Å². The van der Waals surface area contributed by atoms with Crippen LogP contribution in [0.4, 0.5) is 0 Å². The van der Waals surface area contributed by atoms with Crippen molar-refractivity contribution < 1.29 is 19.4 Å². The molecule has 0 bridgehead atoms. The number of nitrogens with zero attached hydrogens (tertiary/aromatic N) is 2. The number of benzene rings is 1. The summed E-state index contributed by atoms with van der Waals surface area (Å²) in [4.78, 5) is 27.5. The number of aromatic nitrogens is 1. The lowest BCUT2D eigenvalue weighted by Gasteiger charge is -2.19. The molecule has 0 spiro atoms. The van der Waals surface area contributed by atoms with Crippen molar-refractivity contribution in [3.8, 4) is 0 Å². The Morgan fingerprint density at radius 3 is 2.61 bits per heavy atom. The van der Waals surface area contributed by atoms with Crippen LogP contribution in [0.3, 0.4) is 0 Å². The molecule has 0 fully saturated rings. The number of hydrogen-bond donors (Lipinski definition) is 1. The number of rotatable bonds is 8. The normalized spacial score (nSPS) is 15.8. The number of fused-ring (bicyclic) bond motifs is 1. The van der Waals surface area contributed by atoms with Gasteiger partial charge >= 0.3 is 5.97 Å². The number of ketones is 1. The van der Waals surface area contributed by atoms with Gasteiger partial charge in [0.05, 0.1) is 18.2 Å². The first-order valence-electron chi connectivity index (χ1n) is 9.35. The van der Waals surface area contributed by atoms with E-state index in [0.29, 0.717) is 49.5 Å². The monoisotopic (exact) mass is 380 g/mol. The fourth-order valence-corrected chi connectivity index (χ4v) is 3.54. The molecule has 0 aliphatic carbocycles. The lowest BCUT2D eigenvalue weighted by molar-refractivity contribution is -0.138. The molecule has 6 heteroatoms. The second kappa shape index (κ2) is 7.99. The van der Waals surface area contributed by atoms with Gasteiger partial charge in [-0.3, -0.25) is 9.59 Å². The fourth-order valence-electron chi connectivity index (χ4n) is 3.54. The average Bonchev–Trinajstić information content (AvgIpc) is 3.23. The highest BCUT2D eigenvalue weighted by Crippen LogP contribution is 2.31. The van der Waals surface area contributed by atoms with Crippen LogP contribution in [-0.2, 0) is 22.5 Å². The van der Waals surface area contributed by atoms with Crippen molar-refractivity contribution in [3.05, 3.63) is 70.3 Å². The molecule has 6 nitrogen and oxygen atoms in total. The molecular weight excluding hydrogens is 356 g/mol. The van der Waals surface area contributed by atoms with E-state index in [0.717, 1.165) is 5.56 Å². The van der Waals surface area contributed by atoms with Crippen LogP contribution in [0, 0.1) is 6.57 Å². The number of carboxylic acids is 1. The SMILES string of the molecule is [C-]#[N+]CC(C)(C)OCCc1ccc(C(=O)c2ccc3n2CC[C@@H]3C(=O)O)cc1. The summed E-state index contributed by atoms with van der Waals surface area (Å²) in [6.45, 7) is 12.1. The second-order valence-corrected chi connectivity index (χ2v) is 7.68. The summed E-state index contributed by atoms with van der Waals surface area (Å²) in [5.41, 5.74) is 2.42. The van der Waals surface area contributed by atoms with Gasteiger partial charge in [0.1, 0.15) is 5.60 Å². The minimum absolute atomic E-state index is 0.0988. The molecule has 2 aromatic rings. The number of ether oxygens (including phenoxy) is 1. The summed E-state index contributed by atoms with van der Waals surface area (Å²) in [5.74, 6) is -1.48. The van der Waals surface area contributed by atoms with Crippen LogP contribution >= 0.6 is 0 Å². The van der Waals surface area contributed by atoms with Crippen molar-refractivity contribution in [1.82, 2.24) is 4.57 Å². The zero-order valence-electron chi connectivity index (χ0n) is 16.1. The van der Waals surface area contributed by atoms with Crippen molar-refractivity contribution in [2.24, 2.45) is 0 Å². The Kier molecular flexibility index (Phi) is 5.66. The lowest BCUT2D eigenvalue weighted by Crippen LogP contribution is -2.28. The third-order valence-corrected chi connectivity index (χ3v) is 5.10. The Morgan fingerprint density at radius 1 is 1.25 bits per heavy atom. The molecule has 0 unspecified atom stereocenters. The van der Waals surface area contributed by atoms with Crippen molar-refractivity contribution in [1.29, 1.82) is 0 Å². The number of carbonyl (C=O) groups is 2. The predicted molar refractivity (Wildman–Crippen MR) is 105 cm³/mol. The highest BCUT2D eigenvalue weighted by Gasteiger charge is 2.31.